The molecule has 0 spiro atoms. The van der Waals surface area contributed by atoms with Crippen LogP contribution < -0.4 is 4.74 Å². The lowest BCUT2D eigenvalue weighted by molar-refractivity contribution is 0.280. The van der Waals surface area contributed by atoms with Gasteiger partial charge in [-0.05, 0) is 92.9 Å². The summed E-state index contributed by atoms with van der Waals surface area (Å²) in [6, 6.07) is 12.5. The van der Waals surface area contributed by atoms with Crippen molar-refractivity contribution in [1.29, 1.82) is 0 Å². The molecule has 11 heteroatoms. The molecule has 2 rings (SSSR count). The molecule has 0 saturated heterocycles. The Balaban J connectivity index is 2.04. The first-order chi connectivity index (χ1) is 18.6. The molecule has 40 heavy (non-hydrogen) atoms. The molecule has 0 radical (unpaired) electrons. The summed E-state index contributed by atoms with van der Waals surface area (Å²) < 4.78 is 25.6. The highest BCUT2D eigenvalue weighted by Crippen LogP contribution is 2.33. The molecule has 1 unspecified atom stereocenters. The average molecular weight is 623 g/mol. The Labute approximate surface area is 245 Å². The Kier molecular flexibility index (Phi) is 12.3. The smallest absolute Gasteiger partial charge is 0.361 e. The van der Waals surface area contributed by atoms with Crippen LogP contribution in [-0.2, 0) is 32.1 Å². The summed E-state index contributed by atoms with van der Waals surface area (Å²) in [5.74, 6) is 1.10. The molecule has 0 heterocycles. The molecule has 0 saturated carbocycles. The van der Waals surface area contributed by atoms with E-state index in [0.29, 0.717) is 5.75 Å². The first-order valence-electron chi connectivity index (χ1n) is 14.0. The third-order valence-corrected chi connectivity index (χ3v) is 30.9. The number of hydrogen-bond donors (Lipinski definition) is 3. The summed E-state index contributed by atoms with van der Waals surface area (Å²) in [6.45, 7) is 19.4. The minimum absolute atomic E-state index is 0.0843. The van der Waals surface area contributed by atoms with Crippen LogP contribution in [-0.4, -0.2) is 55.0 Å². The lowest BCUT2D eigenvalue weighted by Gasteiger charge is -2.45. The van der Waals surface area contributed by atoms with E-state index >= 15 is 0 Å². The Morgan fingerprint density at radius 3 is 1.95 bits per heavy atom. The van der Waals surface area contributed by atoms with E-state index in [1.807, 2.05) is 12.1 Å². The van der Waals surface area contributed by atoms with Crippen LogP contribution in [0, 0.1) is 0 Å². The fourth-order valence-corrected chi connectivity index (χ4v) is 27.6. The van der Waals surface area contributed by atoms with E-state index in [0.717, 1.165) is 54.5 Å². The van der Waals surface area contributed by atoms with Crippen molar-refractivity contribution in [2.75, 3.05) is 7.11 Å². The average Bonchev–Trinajstić information content (AvgIpc) is 2.84. The van der Waals surface area contributed by atoms with Crippen molar-refractivity contribution in [2.24, 2.45) is 0 Å². The summed E-state index contributed by atoms with van der Waals surface area (Å²) in [5.41, 5.74) is 2.93. The number of hydrogen-bond acceptors (Lipinski definition) is 7. The predicted molar refractivity (Wildman–Crippen MR) is 172 cm³/mol. The highest BCUT2D eigenvalue weighted by atomic mass is 29.3. The third kappa shape index (κ3) is 9.89. The molecule has 224 valence electrons. The van der Waals surface area contributed by atoms with Crippen molar-refractivity contribution in [3.63, 3.8) is 0 Å². The highest BCUT2D eigenvalue weighted by Gasteiger charge is 2.54. The zero-order chi connectivity index (χ0) is 30.2. The first kappa shape index (κ1) is 34.3. The third-order valence-electron chi connectivity index (χ3n) is 7.60. The fourth-order valence-electron chi connectivity index (χ4n) is 5.28. The normalized spacial score (nSPS) is 14.0. The lowest BCUT2D eigenvalue weighted by atomic mass is 10.0. The molecule has 0 amide bonds. The van der Waals surface area contributed by atoms with Crippen molar-refractivity contribution in [2.45, 2.75) is 90.2 Å². The van der Waals surface area contributed by atoms with Crippen LogP contribution in [0.25, 0.3) is 0 Å². The van der Waals surface area contributed by atoms with E-state index in [1.165, 1.54) is 0 Å². The standard InChI is InChI=1S/C29H50O7Si4/c1-10-34-40(9,38(5,6)20-12-13-24-15-17-27(31)21-26(24)23-30)36-39(7,8)35-37(3,4)19-11-14-25-16-18-28(32)22-29(25)33-2/h10,15-18,21-22,30-32H,1,11-14,19-20,23H2,2-9H3. The van der Waals surface area contributed by atoms with Gasteiger partial charge in [0.15, 0.2) is 8.32 Å². The van der Waals surface area contributed by atoms with Gasteiger partial charge < -0.3 is 32.7 Å². The van der Waals surface area contributed by atoms with Crippen molar-refractivity contribution >= 4 is 32.5 Å². The van der Waals surface area contributed by atoms with Gasteiger partial charge in [0.1, 0.15) is 24.8 Å². The maximum atomic E-state index is 9.75. The van der Waals surface area contributed by atoms with Gasteiger partial charge in [-0.25, -0.2) is 0 Å². The summed E-state index contributed by atoms with van der Waals surface area (Å²) in [6.07, 6.45) is 5.15. The zero-order valence-electron chi connectivity index (χ0n) is 25.7. The molecule has 0 bridgehead atoms. The van der Waals surface area contributed by atoms with Crippen molar-refractivity contribution in [3.05, 3.63) is 65.9 Å². The van der Waals surface area contributed by atoms with Crippen LogP contribution in [0.5, 0.6) is 17.2 Å². The van der Waals surface area contributed by atoms with E-state index in [2.05, 4.69) is 52.4 Å². The number of benzene rings is 2. The van der Waals surface area contributed by atoms with Crippen molar-refractivity contribution in [1.82, 2.24) is 0 Å². The largest absolute Gasteiger partial charge is 0.530 e. The molecule has 0 aliphatic rings. The molecule has 0 aliphatic heterocycles. The molecule has 0 aliphatic carbocycles. The number of aliphatic hydroxyl groups is 1. The Bertz CT molecular complexity index is 1120. The highest BCUT2D eigenvalue weighted by molar-refractivity contribution is 7.37. The monoisotopic (exact) mass is 622 g/mol. The number of phenolic OH excluding ortho intramolecular Hbond substituents is 2. The quantitative estimate of drug-likeness (QED) is 0.128. The second-order valence-corrected chi connectivity index (χ2v) is 33.9. The van der Waals surface area contributed by atoms with Gasteiger partial charge in [0, 0.05) is 6.07 Å². The maximum Gasteiger partial charge on any atom is 0.361 e. The maximum absolute atomic E-state index is 9.75. The van der Waals surface area contributed by atoms with E-state index < -0.39 is 32.5 Å². The topological polar surface area (TPSA) is 97.6 Å². The number of rotatable bonds is 17. The van der Waals surface area contributed by atoms with Gasteiger partial charge in [0.05, 0.1) is 20.0 Å². The Morgan fingerprint density at radius 1 is 0.775 bits per heavy atom. The fraction of sp³-hybridized carbons (Fsp3) is 0.517. The van der Waals surface area contributed by atoms with Crippen molar-refractivity contribution in [3.8, 4) is 17.2 Å². The number of ether oxygens (including phenoxy) is 1. The van der Waals surface area contributed by atoms with Gasteiger partial charge in [0.2, 0.25) is 0 Å². The number of methoxy groups -OCH3 is 1. The number of aromatic hydroxyl groups is 2. The second-order valence-electron chi connectivity index (χ2n) is 12.3. The van der Waals surface area contributed by atoms with E-state index in [-0.39, 0.29) is 18.1 Å². The van der Waals surface area contributed by atoms with Gasteiger partial charge >= 0.3 is 16.6 Å². The number of phenols is 2. The van der Waals surface area contributed by atoms with Gasteiger partial charge in [-0.3, -0.25) is 0 Å². The summed E-state index contributed by atoms with van der Waals surface area (Å²) in [4.78, 5) is 0. The molecule has 0 aromatic heterocycles. The Hall–Kier alpha value is -1.87. The molecule has 2 aromatic carbocycles. The van der Waals surface area contributed by atoms with Crippen LogP contribution in [0.15, 0.2) is 49.2 Å². The predicted octanol–water partition coefficient (Wildman–Crippen LogP) is 7.12. The molecule has 3 N–H and O–H groups in total. The summed E-state index contributed by atoms with van der Waals surface area (Å²) in [7, 11) is -7.57. The van der Waals surface area contributed by atoms with Crippen LogP contribution in [0.1, 0.15) is 29.5 Å². The van der Waals surface area contributed by atoms with Gasteiger partial charge in [-0.2, -0.15) is 0 Å². The van der Waals surface area contributed by atoms with Gasteiger partial charge in [-0.15, -0.1) is 0 Å². The summed E-state index contributed by atoms with van der Waals surface area (Å²) in [5, 5.41) is 29.2. The van der Waals surface area contributed by atoms with Crippen LogP contribution in [0.2, 0.25) is 57.9 Å². The van der Waals surface area contributed by atoms with E-state index in [9.17, 15) is 15.3 Å². The van der Waals surface area contributed by atoms with Gasteiger partial charge in [-0.1, -0.05) is 44.3 Å². The number of aliphatic hydroxyl groups excluding tert-OH is 1. The minimum Gasteiger partial charge on any atom is -0.530 e. The molecule has 1 atom stereocenters. The zero-order valence-corrected chi connectivity index (χ0v) is 29.7. The molecule has 2 aromatic rings. The second kappa shape index (κ2) is 14.3. The SMILES string of the molecule is C=CO[Si](C)(O[Si](C)(C)O[Si](C)(C)CCCc1ccc(O)cc1OC)[Si](C)(C)CCCc1ccc(O)cc1CO. The Morgan fingerprint density at radius 2 is 1.35 bits per heavy atom. The number of aryl methyl sites for hydroxylation is 2. The summed E-state index contributed by atoms with van der Waals surface area (Å²) >= 11 is 0. The van der Waals surface area contributed by atoms with Crippen LogP contribution in [0.3, 0.4) is 0 Å². The molecule has 0 fully saturated rings. The van der Waals surface area contributed by atoms with Crippen LogP contribution >= 0.6 is 0 Å². The van der Waals surface area contributed by atoms with Gasteiger partial charge in [0.25, 0.3) is 0 Å². The van der Waals surface area contributed by atoms with Crippen molar-refractivity contribution < 1.29 is 32.7 Å². The van der Waals surface area contributed by atoms with E-state index in [1.54, 1.807) is 37.6 Å². The van der Waals surface area contributed by atoms with Crippen LogP contribution in [0.4, 0.5) is 0 Å². The minimum atomic E-state index is -2.63. The lowest BCUT2D eigenvalue weighted by Crippen LogP contribution is -2.66. The molecular weight excluding hydrogens is 573 g/mol. The molecule has 7 nitrogen and oxygen atoms in total. The van der Waals surface area contributed by atoms with E-state index in [4.69, 9.17) is 17.4 Å². The first-order valence-corrected chi connectivity index (χ1v) is 26.5. The molecular formula is C29H50O7Si4.